The lowest BCUT2D eigenvalue weighted by Crippen LogP contribution is -2.16. The lowest BCUT2D eigenvalue weighted by molar-refractivity contribution is 0.476. The third-order valence-electron chi connectivity index (χ3n) is 7.85. The van der Waals surface area contributed by atoms with Crippen molar-refractivity contribution >= 4 is 55.9 Å². The summed E-state index contributed by atoms with van der Waals surface area (Å²) in [6.45, 7) is 0. The lowest BCUT2D eigenvalue weighted by atomic mass is 10.1. The van der Waals surface area contributed by atoms with Gasteiger partial charge < -0.3 is 19.3 Å². The van der Waals surface area contributed by atoms with Gasteiger partial charge in [-0.2, -0.15) is 0 Å². The molecule has 2 aliphatic heterocycles. The highest BCUT2D eigenvalue weighted by Crippen LogP contribution is 2.51. The normalized spacial score (nSPS) is 13.0. The minimum absolute atomic E-state index is 0.815. The third-order valence-corrected chi connectivity index (χ3v) is 7.85. The number of nitrogens with zero attached hydrogens (tertiary/aromatic N) is 4. The number of aromatic nitrogens is 2. The standard InChI is InChI=1S/C36H22N4O2/c1-5-13-31-27(9-1)39(28-10-2-6-14-32(28)41-31)25-19-23-17-18-24-20-26(22-38-36(24)35(23)37-21-25)40-29-11-3-7-15-33(29)42-34-16-8-4-12-30(34)40/h1-22H. The van der Waals surface area contributed by atoms with Crippen LogP contribution in [-0.4, -0.2) is 9.97 Å². The first-order chi connectivity index (χ1) is 20.8. The van der Waals surface area contributed by atoms with Gasteiger partial charge in [0.15, 0.2) is 23.0 Å². The fourth-order valence-electron chi connectivity index (χ4n) is 5.98. The predicted molar refractivity (Wildman–Crippen MR) is 167 cm³/mol. The zero-order valence-corrected chi connectivity index (χ0v) is 22.3. The minimum Gasteiger partial charge on any atom is -0.453 e. The molecule has 2 aromatic heterocycles. The highest BCUT2D eigenvalue weighted by molar-refractivity contribution is 6.05. The maximum atomic E-state index is 6.20. The second kappa shape index (κ2) is 8.81. The van der Waals surface area contributed by atoms with Crippen molar-refractivity contribution in [2.24, 2.45) is 0 Å². The molecule has 0 bridgehead atoms. The largest absolute Gasteiger partial charge is 0.453 e. The fraction of sp³-hybridized carbons (Fsp3) is 0. The van der Waals surface area contributed by atoms with E-state index in [-0.39, 0.29) is 0 Å². The number of ether oxygens (including phenoxy) is 2. The number of anilines is 6. The van der Waals surface area contributed by atoms with E-state index < -0.39 is 0 Å². The molecular formula is C36H22N4O2. The third kappa shape index (κ3) is 3.39. The summed E-state index contributed by atoms with van der Waals surface area (Å²) in [7, 11) is 0. The van der Waals surface area contributed by atoms with Gasteiger partial charge in [-0.05, 0) is 60.7 Å². The molecule has 0 unspecified atom stereocenters. The number of rotatable bonds is 2. The molecule has 0 N–H and O–H groups in total. The summed E-state index contributed by atoms with van der Waals surface area (Å²) in [6, 6.07) is 40.9. The SMILES string of the molecule is c1ccc2c(c1)Oc1ccccc1N2c1cnc2c(ccc3cc(N4c5ccccc5Oc5ccccc54)cnc32)c1. The van der Waals surface area contributed by atoms with Crippen molar-refractivity contribution in [2.75, 3.05) is 9.80 Å². The predicted octanol–water partition coefficient (Wildman–Crippen LogP) is 9.93. The van der Waals surface area contributed by atoms with Crippen molar-refractivity contribution in [3.63, 3.8) is 0 Å². The Hall–Kier alpha value is -5.88. The first-order valence-electron chi connectivity index (χ1n) is 13.8. The van der Waals surface area contributed by atoms with E-state index in [0.717, 1.165) is 78.9 Å². The van der Waals surface area contributed by atoms with Crippen molar-refractivity contribution in [2.45, 2.75) is 0 Å². The van der Waals surface area contributed by atoms with E-state index >= 15 is 0 Å². The number of pyridine rings is 2. The van der Waals surface area contributed by atoms with Crippen LogP contribution >= 0.6 is 0 Å². The fourth-order valence-corrected chi connectivity index (χ4v) is 5.98. The average Bonchev–Trinajstić information content (AvgIpc) is 3.05. The highest BCUT2D eigenvalue weighted by atomic mass is 16.5. The molecule has 4 heterocycles. The quantitative estimate of drug-likeness (QED) is 0.203. The molecule has 0 radical (unpaired) electrons. The van der Waals surface area contributed by atoms with Gasteiger partial charge in [-0.1, -0.05) is 60.7 Å². The molecule has 0 saturated heterocycles. The number of fused-ring (bicyclic) bond motifs is 7. The van der Waals surface area contributed by atoms with Crippen molar-refractivity contribution < 1.29 is 9.47 Å². The first-order valence-corrected chi connectivity index (χ1v) is 13.8. The second-order valence-corrected chi connectivity index (χ2v) is 10.3. The van der Waals surface area contributed by atoms with Gasteiger partial charge in [0.25, 0.3) is 0 Å². The molecule has 0 aliphatic carbocycles. The summed E-state index contributed by atoms with van der Waals surface area (Å²) >= 11 is 0. The monoisotopic (exact) mass is 542 g/mol. The van der Waals surface area contributed by atoms with Crippen molar-refractivity contribution in [1.29, 1.82) is 0 Å². The zero-order valence-electron chi connectivity index (χ0n) is 22.3. The molecule has 0 amide bonds. The first kappa shape index (κ1) is 22.9. The number of para-hydroxylation sites is 8. The molecule has 0 atom stereocenters. The van der Waals surface area contributed by atoms with E-state index in [1.807, 2.05) is 85.2 Å². The van der Waals surface area contributed by atoms with E-state index in [2.05, 4.69) is 58.3 Å². The van der Waals surface area contributed by atoms with Gasteiger partial charge in [0.2, 0.25) is 0 Å². The summed E-state index contributed by atoms with van der Waals surface area (Å²) in [5.74, 6) is 3.26. The summed E-state index contributed by atoms with van der Waals surface area (Å²) in [5, 5.41) is 2.03. The van der Waals surface area contributed by atoms with Crippen LogP contribution in [0.4, 0.5) is 34.1 Å². The van der Waals surface area contributed by atoms with Crippen LogP contribution in [0.15, 0.2) is 134 Å². The van der Waals surface area contributed by atoms with Crippen LogP contribution in [0.1, 0.15) is 0 Å². The molecular weight excluding hydrogens is 520 g/mol. The van der Waals surface area contributed by atoms with Crippen LogP contribution in [0, 0.1) is 0 Å². The van der Waals surface area contributed by atoms with Gasteiger partial charge in [-0.25, -0.2) is 0 Å². The topological polar surface area (TPSA) is 50.7 Å². The van der Waals surface area contributed by atoms with E-state index in [9.17, 15) is 0 Å². The van der Waals surface area contributed by atoms with E-state index in [0.29, 0.717) is 0 Å². The molecule has 0 fully saturated rings. The van der Waals surface area contributed by atoms with Gasteiger partial charge in [0, 0.05) is 10.8 Å². The molecule has 198 valence electrons. The Morgan fingerprint density at radius 3 is 1.10 bits per heavy atom. The maximum absolute atomic E-state index is 6.20. The van der Waals surface area contributed by atoms with Crippen LogP contribution in [-0.2, 0) is 0 Å². The molecule has 0 saturated carbocycles. The van der Waals surface area contributed by atoms with Crippen LogP contribution in [0.2, 0.25) is 0 Å². The van der Waals surface area contributed by atoms with E-state index in [1.54, 1.807) is 0 Å². The van der Waals surface area contributed by atoms with Gasteiger partial charge in [0.1, 0.15) is 0 Å². The van der Waals surface area contributed by atoms with E-state index in [4.69, 9.17) is 19.4 Å². The van der Waals surface area contributed by atoms with Crippen LogP contribution in [0.25, 0.3) is 21.8 Å². The molecule has 0 spiro atoms. The van der Waals surface area contributed by atoms with Gasteiger partial charge in [-0.15, -0.1) is 0 Å². The van der Waals surface area contributed by atoms with Crippen molar-refractivity contribution in [3.05, 3.63) is 134 Å². The Labute approximate surface area is 241 Å². The Kier molecular flexibility index (Phi) is 4.80. The summed E-state index contributed by atoms with van der Waals surface area (Å²) in [5.41, 5.74) is 7.56. The van der Waals surface area contributed by atoms with Crippen LogP contribution in [0.3, 0.4) is 0 Å². The summed E-state index contributed by atoms with van der Waals surface area (Å²) < 4.78 is 12.4. The second-order valence-electron chi connectivity index (χ2n) is 10.3. The molecule has 6 heteroatoms. The Bertz CT molecular complexity index is 1950. The molecule has 7 aromatic rings. The van der Waals surface area contributed by atoms with Crippen LogP contribution < -0.4 is 19.3 Å². The minimum atomic E-state index is 0.815. The lowest BCUT2D eigenvalue weighted by Gasteiger charge is -2.32. The average molecular weight is 543 g/mol. The van der Waals surface area contributed by atoms with Crippen molar-refractivity contribution in [3.8, 4) is 23.0 Å². The molecule has 5 aromatic carbocycles. The van der Waals surface area contributed by atoms with Gasteiger partial charge in [0.05, 0.1) is 57.6 Å². The molecule has 42 heavy (non-hydrogen) atoms. The summed E-state index contributed by atoms with van der Waals surface area (Å²) in [6.07, 6.45) is 3.84. The van der Waals surface area contributed by atoms with Gasteiger partial charge >= 0.3 is 0 Å². The van der Waals surface area contributed by atoms with Gasteiger partial charge in [-0.3, -0.25) is 9.97 Å². The molecule has 2 aliphatic rings. The highest BCUT2D eigenvalue weighted by Gasteiger charge is 2.27. The Morgan fingerprint density at radius 1 is 0.405 bits per heavy atom. The van der Waals surface area contributed by atoms with Crippen LogP contribution in [0.5, 0.6) is 23.0 Å². The Morgan fingerprint density at radius 2 is 0.738 bits per heavy atom. The number of benzene rings is 5. The Balaban J connectivity index is 1.17. The zero-order chi connectivity index (χ0) is 27.6. The number of hydrogen-bond acceptors (Lipinski definition) is 6. The van der Waals surface area contributed by atoms with Crippen molar-refractivity contribution in [1.82, 2.24) is 9.97 Å². The molecule has 9 rings (SSSR count). The van der Waals surface area contributed by atoms with E-state index in [1.165, 1.54) is 0 Å². The smallest absolute Gasteiger partial charge is 0.151 e. The number of hydrogen-bond donors (Lipinski definition) is 0. The summed E-state index contributed by atoms with van der Waals surface area (Å²) in [4.78, 5) is 14.3. The molecule has 6 nitrogen and oxygen atoms in total. The maximum Gasteiger partial charge on any atom is 0.151 e.